The maximum Gasteiger partial charge on any atom is 0.136 e. The third-order valence-corrected chi connectivity index (χ3v) is 4.99. The van der Waals surface area contributed by atoms with Gasteiger partial charge in [0.2, 0.25) is 0 Å². The summed E-state index contributed by atoms with van der Waals surface area (Å²) in [6, 6.07) is 0. The van der Waals surface area contributed by atoms with Gasteiger partial charge in [-0.2, -0.15) is 0 Å². The second-order valence-corrected chi connectivity index (χ2v) is 6.57. The highest BCUT2D eigenvalue weighted by atomic mass is 16.3. The molecule has 2 fully saturated rings. The average molecular weight is 236 g/mol. The molecule has 2 aliphatic rings. The van der Waals surface area contributed by atoms with Crippen molar-refractivity contribution in [2.75, 3.05) is 0 Å². The van der Waals surface area contributed by atoms with Gasteiger partial charge in [0.25, 0.3) is 0 Å². The molecule has 0 spiro atoms. The van der Waals surface area contributed by atoms with E-state index in [9.17, 15) is 9.90 Å². The van der Waals surface area contributed by atoms with Crippen molar-refractivity contribution in [1.82, 2.24) is 0 Å². The van der Waals surface area contributed by atoms with E-state index in [-0.39, 0.29) is 17.4 Å². The fraction of sp³-hybridized carbons (Fsp3) is 0.800. The molecular weight excluding hydrogens is 212 g/mol. The van der Waals surface area contributed by atoms with Gasteiger partial charge < -0.3 is 5.11 Å². The molecule has 0 aromatic carbocycles. The first-order valence-electron chi connectivity index (χ1n) is 6.74. The molecule has 0 unspecified atom stereocenters. The van der Waals surface area contributed by atoms with Crippen LogP contribution in [0.4, 0.5) is 0 Å². The minimum Gasteiger partial charge on any atom is -0.389 e. The summed E-state index contributed by atoms with van der Waals surface area (Å²) < 4.78 is 0. The van der Waals surface area contributed by atoms with Crippen molar-refractivity contribution >= 4 is 5.78 Å². The normalized spacial score (nSPS) is 42.8. The lowest BCUT2D eigenvalue weighted by Crippen LogP contribution is -2.46. The smallest absolute Gasteiger partial charge is 0.136 e. The van der Waals surface area contributed by atoms with Gasteiger partial charge in [-0.3, -0.25) is 4.79 Å². The molecular formula is C15H24O2. The molecule has 0 heterocycles. The van der Waals surface area contributed by atoms with Crippen molar-refractivity contribution in [3.8, 4) is 0 Å². The number of rotatable bonds is 1. The van der Waals surface area contributed by atoms with E-state index in [0.717, 1.165) is 24.8 Å². The Hall–Kier alpha value is -0.630. The van der Waals surface area contributed by atoms with Crippen molar-refractivity contribution in [2.45, 2.75) is 52.6 Å². The molecule has 2 saturated carbocycles. The summed E-state index contributed by atoms with van der Waals surface area (Å²) in [5, 5.41) is 9.94. The number of Topliss-reactive ketones (excluding diaryl/α,β-unsaturated/α-hetero) is 1. The van der Waals surface area contributed by atoms with Gasteiger partial charge in [-0.1, -0.05) is 27.4 Å². The van der Waals surface area contributed by atoms with Gasteiger partial charge in [-0.25, -0.2) is 0 Å². The highest BCUT2D eigenvalue weighted by molar-refractivity contribution is 5.83. The maximum absolute atomic E-state index is 12.2. The van der Waals surface area contributed by atoms with E-state index >= 15 is 0 Å². The zero-order chi connectivity index (χ0) is 12.8. The third kappa shape index (κ3) is 2.08. The van der Waals surface area contributed by atoms with Crippen LogP contribution in [-0.4, -0.2) is 17.0 Å². The van der Waals surface area contributed by atoms with E-state index in [4.69, 9.17) is 0 Å². The second kappa shape index (κ2) is 4.24. The Kier molecular flexibility index (Phi) is 3.19. The van der Waals surface area contributed by atoms with E-state index < -0.39 is 0 Å². The summed E-state index contributed by atoms with van der Waals surface area (Å²) in [4.78, 5) is 12.2. The first kappa shape index (κ1) is 12.8. The third-order valence-electron chi connectivity index (χ3n) is 4.99. The maximum atomic E-state index is 12.2. The number of carbonyl (C=O) groups excluding carboxylic acids is 1. The second-order valence-electron chi connectivity index (χ2n) is 6.57. The van der Waals surface area contributed by atoms with Crippen LogP contribution < -0.4 is 0 Å². The van der Waals surface area contributed by atoms with Gasteiger partial charge in [-0.05, 0) is 42.1 Å². The zero-order valence-electron chi connectivity index (χ0n) is 11.2. The van der Waals surface area contributed by atoms with Gasteiger partial charge in [0.15, 0.2) is 0 Å². The quantitative estimate of drug-likeness (QED) is 0.711. The fourth-order valence-corrected chi connectivity index (χ4v) is 3.71. The fourth-order valence-electron chi connectivity index (χ4n) is 3.71. The Bertz CT molecular complexity index is 345. The Labute approximate surface area is 104 Å². The summed E-state index contributed by atoms with van der Waals surface area (Å²) >= 11 is 0. The molecule has 0 saturated heterocycles. The molecule has 4 atom stereocenters. The molecule has 0 amide bonds. The number of ketones is 1. The molecule has 17 heavy (non-hydrogen) atoms. The number of carbonyl (C=O) groups is 1. The van der Waals surface area contributed by atoms with Crippen LogP contribution in [0.25, 0.3) is 0 Å². The van der Waals surface area contributed by atoms with Gasteiger partial charge in [0.05, 0.1) is 6.10 Å². The lowest BCUT2D eigenvalue weighted by molar-refractivity contribution is -0.133. The summed E-state index contributed by atoms with van der Waals surface area (Å²) in [7, 11) is 0. The molecule has 2 nitrogen and oxygen atoms in total. The van der Waals surface area contributed by atoms with E-state index in [2.05, 4.69) is 27.4 Å². The van der Waals surface area contributed by atoms with Crippen molar-refractivity contribution in [3.63, 3.8) is 0 Å². The number of aliphatic hydroxyl groups is 1. The van der Waals surface area contributed by atoms with Crippen LogP contribution in [0.2, 0.25) is 0 Å². The molecule has 0 radical (unpaired) electrons. The number of hydrogen-bond donors (Lipinski definition) is 1. The largest absolute Gasteiger partial charge is 0.389 e. The monoisotopic (exact) mass is 236 g/mol. The predicted molar refractivity (Wildman–Crippen MR) is 68.5 cm³/mol. The molecule has 0 aromatic heterocycles. The highest BCUT2D eigenvalue weighted by Crippen LogP contribution is 2.53. The van der Waals surface area contributed by atoms with Crippen LogP contribution in [0.1, 0.15) is 46.5 Å². The first-order chi connectivity index (χ1) is 7.85. The van der Waals surface area contributed by atoms with Crippen LogP contribution in [0.5, 0.6) is 0 Å². The molecule has 1 N–H and O–H groups in total. The van der Waals surface area contributed by atoms with E-state index in [0.29, 0.717) is 24.0 Å². The minimum absolute atomic E-state index is 0.0544. The summed E-state index contributed by atoms with van der Waals surface area (Å²) in [6.07, 6.45) is 2.93. The molecule has 0 bridgehead atoms. The number of hydrogen-bond acceptors (Lipinski definition) is 2. The summed E-state index contributed by atoms with van der Waals surface area (Å²) in [6.45, 7) is 10.5. The summed E-state index contributed by atoms with van der Waals surface area (Å²) in [5.41, 5.74) is 1.02. The molecule has 0 aromatic rings. The van der Waals surface area contributed by atoms with Crippen LogP contribution in [-0.2, 0) is 4.79 Å². The molecule has 2 rings (SSSR count). The lowest BCUT2D eigenvalue weighted by atomic mass is 9.55. The predicted octanol–water partition coefficient (Wildman–Crippen LogP) is 2.95. The van der Waals surface area contributed by atoms with Gasteiger partial charge in [-0.15, -0.1) is 0 Å². The van der Waals surface area contributed by atoms with Gasteiger partial charge >= 0.3 is 0 Å². The highest BCUT2D eigenvalue weighted by Gasteiger charge is 2.49. The number of aliphatic hydroxyl groups excluding tert-OH is 1. The topological polar surface area (TPSA) is 37.3 Å². The number of fused-ring (bicyclic) bond motifs is 1. The van der Waals surface area contributed by atoms with Crippen molar-refractivity contribution < 1.29 is 9.90 Å². The van der Waals surface area contributed by atoms with Crippen LogP contribution in [0.15, 0.2) is 12.2 Å². The van der Waals surface area contributed by atoms with Crippen molar-refractivity contribution in [1.29, 1.82) is 0 Å². The summed E-state index contributed by atoms with van der Waals surface area (Å²) in [5.74, 6) is 1.31. The average Bonchev–Trinajstić information content (AvgIpc) is 2.23. The van der Waals surface area contributed by atoms with E-state index in [1.165, 1.54) is 0 Å². The minimum atomic E-state index is -0.353. The van der Waals surface area contributed by atoms with Crippen molar-refractivity contribution in [3.05, 3.63) is 12.2 Å². The van der Waals surface area contributed by atoms with Gasteiger partial charge in [0.1, 0.15) is 5.78 Å². The Morgan fingerprint density at radius 3 is 2.71 bits per heavy atom. The molecule has 0 aliphatic heterocycles. The Morgan fingerprint density at radius 2 is 2.12 bits per heavy atom. The van der Waals surface area contributed by atoms with Crippen LogP contribution in [0.3, 0.4) is 0 Å². The zero-order valence-corrected chi connectivity index (χ0v) is 11.2. The SMILES string of the molecule is C=C1[C@H](O)CC[C@]2(C)CC(=O)[C@@H](C(C)C)C[C@@H]12. The molecule has 2 aliphatic carbocycles. The van der Waals surface area contributed by atoms with Gasteiger partial charge in [0, 0.05) is 12.3 Å². The van der Waals surface area contributed by atoms with E-state index in [1.54, 1.807) is 0 Å². The van der Waals surface area contributed by atoms with Crippen LogP contribution >= 0.6 is 0 Å². The van der Waals surface area contributed by atoms with Crippen molar-refractivity contribution in [2.24, 2.45) is 23.2 Å². The Morgan fingerprint density at radius 1 is 1.47 bits per heavy atom. The first-order valence-corrected chi connectivity index (χ1v) is 6.74. The lowest BCUT2D eigenvalue weighted by Gasteiger charge is -2.50. The van der Waals surface area contributed by atoms with E-state index in [1.807, 2.05) is 0 Å². The standard InChI is InChI=1S/C15H24O2/c1-9(2)11-7-12-10(3)13(16)5-6-15(12,4)8-14(11)17/h9,11-13,16H,3,5-8H2,1-2,4H3/t11-,12+,13-,15-/m1/s1. The Balaban J connectivity index is 2.25. The van der Waals surface area contributed by atoms with Crippen LogP contribution in [0, 0.1) is 23.2 Å². The molecule has 96 valence electrons. The molecule has 2 heteroatoms.